The smallest absolute Gasteiger partial charge is 0.309 e. The average Bonchev–Trinajstić information content (AvgIpc) is 3.41. The number of rotatable bonds is 9. The number of carbonyl (C=O) groups is 3. The second-order valence-corrected chi connectivity index (χ2v) is 13.2. The fraction of sp³-hybridized carbons (Fsp3) is 0.645. The van der Waals surface area contributed by atoms with E-state index in [9.17, 15) is 32.7 Å². The van der Waals surface area contributed by atoms with E-state index in [0.29, 0.717) is 32.1 Å². The first-order valence-corrected chi connectivity index (χ1v) is 14.7. The molecule has 1 aromatic carbocycles. The van der Waals surface area contributed by atoms with Gasteiger partial charge in [-0.2, -0.15) is 8.78 Å². The monoisotopic (exact) mass is 592 g/mol. The lowest BCUT2D eigenvalue weighted by Gasteiger charge is -2.34. The maximum absolute atomic E-state index is 15.0. The fourth-order valence-electron chi connectivity index (χ4n) is 6.99. The maximum atomic E-state index is 15.0. The number of nitrogens with one attached hydrogen (secondary N) is 2. The van der Waals surface area contributed by atoms with E-state index >= 15 is 0 Å². The number of halogens is 3. The minimum Gasteiger partial charge on any atom is -0.496 e. The summed E-state index contributed by atoms with van der Waals surface area (Å²) >= 11 is 0. The number of hydrogen-bond donors (Lipinski definition) is 3. The Labute approximate surface area is 243 Å². The second kappa shape index (κ2) is 11.1. The van der Waals surface area contributed by atoms with Gasteiger partial charge in [-0.1, -0.05) is 6.92 Å². The van der Waals surface area contributed by atoms with Crippen molar-refractivity contribution in [3.8, 4) is 11.5 Å². The summed E-state index contributed by atoms with van der Waals surface area (Å²) in [5, 5.41) is 15.4. The number of carboxylic acid groups (broad SMARTS) is 1. The number of amides is 2. The van der Waals surface area contributed by atoms with Crippen LogP contribution in [0.5, 0.6) is 11.5 Å². The summed E-state index contributed by atoms with van der Waals surface area (Å²) in [7, 11) is 1.30. The van der Waals surface area contributed by atoms with Crippen LogP contribution in [-0.2, 0) is 9.59 Å². The molecule has 0 unspecified atom stereocenters. The van der Waals surface area contributed by atoms with Crippen molar-refractivity contribution >= 4 is 17.8 Å². The van der Waals surface area contributed by atoms with E-state index in [-0.39, 0.29) is 52.3 Å². The van der Waals surface area contributed by atoms with Gasteiger partial charge in [-0.3, -0.25) is 14.4 Å². The minimum atomic E-state index is -1.76. The Bertz CT molecular complexity index is 1300. The zero-order chi connectivity index (χ0) is 30.6. The molecule has 0 aliphatic heterocycles. The Kier molecular flexibility index (Phi) is 8.00. The van der Waals surface area contributed by atoms with Crippen LogP contribution in [0.4, 0.5) is 13.2 Å². The SMILES string of the molecule is COc1cc(F)c(OC2CCC(C)(C(=O)O)CC2)cc1C(=O)N[C@@H]1[C@H]2CC(=C(F)F)[C@H](C2)[C@@H]1C(=O)N[C@H](C)C1(C)CC1. The number of hydrogen-bond acceptors (Lipinski definition) is 5. The van der Waals surface area contributed by atoms with E-state index in [1.807, 2.05) is 6.92 Å². The molecule has 0 aromatic heterocycles. The molecule has 1 aromatic rings. The van der Waals surface area contributed by atoms with Crippen LogP contribution in [-0.4, -0.2) is 48.2 Å². The van der Waals surface area contributed by atoms with Gasteiger partial charge in [0.05, 0.1) is 30.1 Å². The van der Waals surface area contributed by atoms with Crippen LogP contribution in [0.15, 0.2) is 23.8 Å². The van der Waals surface area contributed by atoms with Crippen molar-refractivity contribution in [2.24, 2.45) is 28.6 Å². The Morgan fingerprint density at radius 3 is 2.31 bits per heavy atom. The third kappa shape index (κ3) is 5.58. The summed E-state index contributed by atoms with van der Waals surface area (Å²) in [5.74, 6) is -4.65. The van der Waals surface area contributed by atoms with E-state index in [4.69, 9.17) is 9.47 Å². The largest absolute Gasteiger partial charge is 0.496 e. The number of methoxy groups -OCH3 is 1. The zero-order valence-corrected chi connectivity index (χ0v) is 24.4. The van der Waals surface area contributed by atoms with Crippen molar-refractivity contribution in [3.05, 3.63) is 35.2 Å². The second-order valence-electron chi connectivity index (χ2n) is 13.2. The highest BCUT2D eigenvalue weighted by atomic mass is 19.3. The number of benzene rings is 1. The highest BCUT2D eigenvalue weighted by molar-refractivity contribution is 5.98. The van der Waals surface area contributed by atoms with Gasteiger partial charge < -0.3 is 25.2 Å². The lowest BCUT2D eigenvalue weighted by atomic mass is 9.75. The maximum Gasteiger partial charge on any atom is 0.309 e. The summed E-state index contributed by atoms with van der Waals surface area (Å²) in [6.45, 7) is 5.67. The number of allylic oxidation sites excluding steroid dienone is 1. The molecule has 42 heavy (non-hydrogen) atoms. The molecule has 11 heteroatoms. The molecule has 5 atom stereocenters. The minimum absolute atomic E-state index is 0.00619. The van der Waals surface area contributed by atoms with Crippen LogP contribution in [0.3, 0.4) is 0 Å². The zero-order valence-electron chi connectivity index (χ0n) is 24.4. The predicted octanol–water partition coefficient (Wildman–Crippen LogP) is 5.46. The molecule has 3 N–H and O–H groups in total. The highest BCUT2D eigenvalue weighted by Crippen LogP contribution is 2.54. The van der Waals surface area contributed by atoms with Crippen LogP contribution in [0.2, 0.25) is 0 Å². The van der Waals surface area contributed by atoms with Gasteiger partial charge in [0.15, 0.2) is 11.6 Å². The van der Waals surface area contributed by atoms with Crippen molar-refractivity contribution in [1.29, 1.82) is 0 Å². The van der Waals surface area contributed by atoms with Crippen LogP contribution in [0.1, 0.15) is 82.5 Å². The van der Waals surface area contributed by atoms with Gasteiger partial charge in [0.2, 0.25) is 5.91 Å². The van der Waals surface area contributed by atoms with E-state index in [0.717, 1.165) is 18.9 Å². The Morgan fingerprint density at radius 2 is 1.74 bits per heavy atom. The molecule has 2 amide bonds. The molecule has 4 saturated carbocycles. The quantitative estimate of drug-likeness (QED) is 0.351. The Balaban J connectivity index is 1.35. The van der Waals surface area contributed by atoms with Crippen LogP contribution >= 0.6 is 0 Å². The molecule has 2 bridgehead atoms. The van der Waals surface area contributed by atoms with Crippen molar-refractivity contribution in [2.45, 2.75) is 90.3 Å². The van der Waals surface area contributed by atoms with Crippen molar-refractivity contribution < 1.29 is 42.1 Å². The third-order valence-corrected chi connectivity index (χ3v) is 10.4. The first-order chi connectivity index (χ1) is 19.8. The lowest BCUT2D eigenvalue weighted by Crippen LogP contribution is -2.52. The molecule has 4 aliphatic carbocycles. The van der Waals surface area contributed by atoms with Gasteiger partial charge in [0.1, 0.15) is 5.75 Å². The predicted molar refractivity (Wildman–Crippen MR) is 147 cm³/mol. The highest BCUT2D eigenvalue weighted by Gasteiger charge is 2.56. The third-order valence-electron chi connectivity index (χ3n) is 10.4. The molecule has 230 valence electrons. The fourth-order valence-corrected chi connectivity index (χ4v) is 6.99. The van der Waals surface area contributed by atoms with Crippen molar-refractivity contribution in [3.63, 3.8) is 0 Å². The number of fused-ring (bicyclic) bond motifs is 2. The van der Waals surface area contributed by atoms with Crippen LogP contribution in [0.25, 0.3) is 0 Å². The molecule has 0 spiro atoms. The first kappa shape index (κ1) is 30.2. The normalized spacial score (nSPS) is 31.7. The molecule has 0 heterocycles. The van der Waals surface area contributed by atoms with E-state index < -0.39 is 53.2 Å². The number of aliphatic carboxylic acids is 1. The summed E-state index contributed by atoms with van der Waals surface area (Å²) in [6, 6.07) is 1.49. The topological polar surface area (TPSA) is 114 Å². The van der Waals surface area contributed by atoms with E-state index in [1.54, 1.807) is 6.92 Å². The molecule has 4 fully saturated rings. The number of carbonyl (C=O) groups excluding carboxylic acids is 2. The molecule has 8 nitrogen and oxygen atoms in total. The molecular weight excluding hydrogens is 553 g/mol. The van der Waals surface area contributed by atoms with Gasteiger partial charge in [0.25, 0.3) is 12.0 Å². The van der Waals surface area contributed by atoms with Gasteiger partial charge in [-0.05, 0) is 94.1 Å². The van der Waals surface area contributed by atoms with E-state index in [2.05, 4.69) is 17.6 Å². The van der Waals surface area contributed by atoms with Crippen molar-refractivity contribution in [2.75, 3.05) is 7.11 Å². The van der Waals surface area contributed by atoms with Gasteiger partial charge in [0, 0.05) is 18.2 Å². The first-order valence-electron chi connectivity index (χ1n) is 14.7. The molecule has 0 radical (unpaired) electrons. The summed E-state index contributed by atoms with van der Waals surface area (Å²) in [4.78, 5) is 38.7. The Hall–Kier alpha value is -3.24. The Morgan fingerprint density at radius 1 is 1.07 bits per heavy atom. The van der Waals surface area contributed by atoms with E-state index in [1.165, 1.54) is 13.2 Å². The van der Waals surface area contributed by atoms with Gasteiger partial charge in [-0.25, -0.2) is 4.39 Å². The average molecular weight is 593 g/mol. The lowest BCUT2D eigenvalue weighted by molar-refractivity contribution is -0.150. The van der Waals surface area contributed by atoms with Gasteiger partial charge in [-0.15, -0.1) is 0 Å². The number of carboxylic acids is 1. The molecule has 0 saturated heterocycles. The van der Waals surface area contributed by atoms with Gasteiger partial charge >= 0.3 is 5.97 Å². The van der Waals surface area contributed by atoms with Crippen molar-refractivity contribution in [1.82, 2.24) is 10.6 Å². The van der Waals surface area contributed by atoms with Crippen LogP contribution < -0.4 is 20.1 Å². The molecule has 4 aliphatic rings. The summed E-state index contributed by atoms with van der Waals surface area (Å²) < 4.78 is 53.7. The molecular formula is C31H39F3N2O6. The summed E-state index contributed by atoms with van der Waals surface area (Å²) in [5.41, 5.74) is -0.898. The van der Waals surface area contributed by atoms with Crippen LogP contribution in [0, 0.1) is 34.4 Å². The molecule has 5 rings (SSSR count). The number of ether oxygens (including phenoxy) is 2. The summed E-state index contributed by atoms with van der Waals surface area (Å²) in [6.07, 6.45) is 1.81. The standard InChI is InChI=1S/C31H39F3N2O6/c1-15(30(2)9-10-30)35-28(38)24-18-11-16(12-19(18)26(33)34)25(24)36-27(37)20-13-23(21(32)14-22(20)41-4)42-17-5-7-31(3,8-6-17)29(39)40/h13-18,24-25H,5-12H2,1-4H3,(H,35,38)(H,36,37)(H,39,40)/t15-,16-,17?,18+,24+,25-,31?/m1/s1.